The van der Waals surface area contributed by atoms with Crippen molar-refractivity contribution in [3.8, 4) is 0 Å². The minimum absolute atomic E-state index is 0.360. The maximum Gasteiger partial charge on any atom is 0.0809 e. The summed E-state index contributed by atoms with van der Waals surface area (Å²) in [6.45, 7) is 14.0. The third-order valence-corrected chi connectivity index (χ3v) is 9.86. The second-order valence-corrected chi connectivity index (χ2v) is 12.1. The highest BCUT2D eigenvalue weighted by Gasteiger charge is 2.51. The number of nitrogens with zero attached hydrogens (tertiary/aromatic N) is 1. The van der Waals surface area contributed by atoms with Gasteiger partial charge in [0.25, 0.3) is 0 Å². The van der Waals surface area contributed by atoms with Gasteiger partial charge in [-0.15, -0.1) is 0 Å². The van der Waals surface area contributed by atoms with Crippen molar-refractivity contribution in [1.82, 2.24) is 4.90 Å². The summed E-state index contributed by atoms with van der Waals surface area (Å²) in [6, 6.07) is 0. The van der Waals surface area contributed by atoms with Gasteiger partial charge < -0.3 is 20.2 Å². The first-order chi connectivity index (χ1) is 15.6. The van der Waals surface area contributed by atoms with E-state index >= 15 is 0 Å². The lowest BCUT2D eigenvalue weighted by Gasteiger charge is -2.46. The molecule has 7 atom stereocenters. The van der Waals surface area contributed by atoms with Gasteiger partial charge in [-0.3, -0.25) is 0 Å². The van der Waals surface area contributed by atoms with Crippen LogP contribution in [0.5, 0.6) is 0 Å². The fraction of sp³-hybridized carbons (Fsp3) is 0.793. The lowest BCUT2D eigenvalue weighted by Crippen LogP contribution is -2.50. The Kier molecular flexibility index (Phi) is 7.60. The molecule has 33 heavy (non-hydrogen) atoms. The van der Waals surface area contributed by atoms with Crippen LogP contribution in [0.25, 0.3) is 0 Å². The van der Waals surface area contributed by atoms with Gasteiger partial charge in [0.1, 0.15) is 0 Å². The van der Waals surface area contributed by atoms with Gasteiger partial charge in [0, 0.05) is 13.1 Å². The Labute approximate surface area is 201 Å². The molecule has 0 aromatic heterocycles. The molecular formula is C29H47NO3. The van der Waals surface area contributed by atoms with Gasteiger partial charge in [-0.1, -0.05) is 50.6 Å². The standard InChI is InChI=1S/C29H47NO3/c1-5-29(33)14-7-15-30(19-29)18-20(2)24-11-12-25-23(8-6-13-28(24,25)4)10-9-22-16-26(31)21(3)27(32)17-22/h9-10,20,24-27,31-33H,3,5-8,11-19H2,1-2,4H3/b23-10+/t20-,24-,25+,26-,27-,28-,29?/m1/s1. The number of aliphatic hydroxyl groups excluding tert-OH is 2. The van der Waals surface area contributed by atoms with Crippen LogP contribution in [0.1, 0.15) is 85.0 Å². The molecule has 4 rings (SSSR count). The van der Waals surface area contributed by atoms with Crippen LogP contribution >= 0.6 is 0 Å². The highest BCUT2D eigenvalue weighted by Crippen LogP contribution is 2.59. The summed E-state index contributed by atoms with van der Waals surface area (Å²) < 4.78 is 0. The first kappa shape index (κ1) is 25.2. The zero-order valence-corrected chi connectivity index (χ0v) is 21.2. The van der Waals surface area contributed by atoms with Crippen LogP contribution in [0.2, 0.25) is 0 Å². The van der Waals surface area contributed by atoms with E-state index in [-0.39, 0.29) is 0 Å². The molecule has 0 bridgehead atoms. The monoisotopic (exact) mass is 457 g/mol. The van der Waals surface area contributed by atoms with Crippen molar-refractivity contribution < 1.29 is 15.3 Å². The highest BCUT2D eigenvalue weighted by atomic mass is 16.3. The van der Waals surface area contributed by atoms with Crippen LogP contribution in [0.3, 0.4) is 0 Å². The van der Waals surface area contributed by atoms with Gasteiger partial charge in [-0.2, -0.15) is 0 Å². The molecule has 0 spiro atoms. The van der Waals surface area contributed by atoms with Gasteiger partial charge in [0.05, 0.1) is 17.8 Å². The van der Waals surface area contributed by atoms with Gasteiger partial charge in [-0.05, 0) is 99.5 Å². The molecule has 4 heteroatoms. The molecule has 4 fully saturated rings. The van der Waals surface area contributed by atoms with Crippen molar-refractivity contribution in [1.29, 1.82) is 0 Å². The summed E-state index contributed by atoms with van der Waals surface area (Å²) >= 11 is 0. The topological polar surface area (TPSA) is 63.9 Å². The average molecular weight is 458 g/mol. The average Bonchev–Trinajstić information content (AvgIpc) is 3.13. The van der Waals surface area contributed by atoms with E-state index in [1.54, 1.807) is 5.57 Å². The molecule has 4 aliphatic rings. The summed E-state index contributed by atoms with van der Waals surface area (Å²) in [5, 5.41) is 31.2. The van der Waals surface area contributed by atoms with Crippen molar-refractivity contribution >= 4 is 0 Å². The first-order valence-electron chi connectivity index (χ1n) is 13.5. The third kappa shape index (κ3) is 5.19. The molecule has 1 aliphatic heterocycles. The van der Waals surface area contributed by atoms with Crippen LogP contribution < -0.4 is 0 Å². The number of likely N-dealkylation sites (tertiary alicyclic amines) is 1. The Balaban J connectivity index is 1.43. The lowest BCUT2D eigenvalue weighted by molar-refractivity contribution is -0.0420. The minimum atomic E-state index is -0.619. The fourth-order valence-corrected chi connectivity index (χ4v) is 7.82. The van der Waals surface area contributed by atoms with E-state index in [9.17, 15) is 15.3 Å². The molecule has 3 aliphatic carbocycles. The van der Waals surface area contributed by atoms with E-state index in [1.807, 2.05) is 0 Å². The van der Waals surface area contributed by atoms with Crippen LogP contribution in [-0.4, -0.2) is 57.7 Å². The summed E-state index contributed by atoms with van der Waals surface area (Å²) in [6.07, 6.45) is 13.7. The Hall–Kier alpha value is -0.940. The largest absolute Gasteiger partial charge is 0.389 e. The molecular weight excluding hydrogens is 410 g/mol. The number of hydrogen-bond acceptors (Lipinski definition) is 4. The number of hydrogen-bond donors (Lipinski definition) is 3. The van der Waals surface area contributed by atoms with Gasteiger partial charge in [-0.25, -0.2) is 0 Å². The van der Waals surface area contributed by atoms with Crippen molar-refractivity contribution in [2.24, 2.45) is 23.2 Å². The van der Waals surface area contributed by atoms with Crippen molar-refractivity contribution in [3.05, 3.63) is 35.5 Å². The van der Waals surface area contributed by atoms with Gasteiger partial charge >= 0.3 is 0 Å². The van der Waals surface area contributed by atoms with Crippen LogP contribution in [0, 0.1) is 23.2 Å². The van der Waals surface area contributed by atoms with Crippen LogP contribution in [0.4, 0.5) is 0 Å². The second kappa shape index (κ2) is 9.97. The summed E-state index contributed by atoms with van der Waals surface area (Å²) in [4.78, 5) is 2.53. The van der Waals surface area contributed by atoms with Crippen molar-refractivity contribution in [3.63, 3.8) is 0 Å². The number of aliphatic hydroxyl groups is 3. The SMILES string of the molecule is C=C1[C@H](O)CC(=C/C=C2\CCC[C@]3(C)[C@@H]([C@H](C)CN4CCCC(O)(CC)C4)CC[C@@H]23)C[C@H]1O. The molecule has 186 valence electrons. The molecule has 3 N–H and O–H groups in total. The van der Waals surface area contributed by atoms with Crippen molar-refractivity contribution in [2.45, 2.75) is 103 Å². The number of allylic oxidation sites excluding steroid dienone is 3. The molecule has 0 amide bonds. The first-order valence-corrected chi connectivity index (χ1v) is 13.5. The summed E-state index contributed by atoms with van der Waals surface area (Å²) in [5.41, 5.74) is 3.15. The summed E-state index contributed by atoms with van der Waals surface area (Å²) in [5.74, 6) is 2.03. The Morgan fingerprint density at radius 3 is 2.55 bits per heavy atom. The highest BCUT2D eigenvalue weighted by molar-refractivity contribution is 5.29. The predicted octanol–water partition coefficient (Wildman–Crippen LogP) is 5.00. The zero-order valence-electron chi connectivity index (χ0n) is 21.2. The third-order valence-electron chi connectivity index (χ3n) is 9.86. The fourth-order valence-electron chi connectivity index (χ4n) is 7.82. The smallest absolute Gasteiger partial charge is 0.0809 e. The normalized spacial score (nSPS) is 42.4. The van der Waals surface area contributed by atoms with Gasteiger partial charge in [0.2, 0.25) is 0 Å². The van der Waals surface area contributed by atoms with Crippen LogP contribution in [0.15, 0.2) is 35.5 Å². The summed E-state index contributed by atoms with van der Waals surface area (Å²) in [7, 11) is 0. The molecule has 1 unspecified atom stereocenters. The van der Waals surface area contributed by atoms with E-state index in [0.29, 0.717) is 35.7 Å². The number of fused-ring (bicyclic) bond motifs is 1. The zero-order chi connectivity index (χ0) is 23.8. The van der Waals surface area contributed by atoms with E-state index in [4.69, 9.17) is 0 Å². The van der Waals surface area contributed by atoms with E-state index in [2.05, 4.69) is 44.4 Å². The van der Waals surface area contributed by atoms with E-state index in [1.165, 1.54) is 32.1 Å². The molecule has 4 nitrogen and oxygen atoms in total. The molecule has 0 radical (unpaired) electrons. The maximum absolute atomic E-state index is 10.8. The number of piperidine rings is 1. The minimum Gasteiger partial charge on any atom is -0.389 e. The lowest BCUT2D eigenvalue weighted by atomic mass is 9.61. The van der Waals surface area contributed by atoms with E-state index in [0.717, 1.165) is 50.4 Å². The molecule has 0 aromatic carbocycles. The molecule has 3 saturated carbocycles. The maximum atomic E-state index is 10.8. The Morgan fingerprint density at radius 2 is 1.85 bits per heavy atom. The van der Waals surface area contributed by atoms with Crippen molar-refractivity contribution in [2.75, 3.05) is 19.6 Å². The Bertz CT molecular complexity index is 772. The Morgan fingerprint density at radius 1 is 1.12 bits per heavy atom. The number of rotatable bonds is 5. The predicted molar refractivity (Wildman–Crippen MR) is 135 cm³/mol. The van der Waals surface area contributed by atoms with Gasteiger partial charge in [0.15, 0.2) is 0 Å². The van der Waals surface area contributed by atoms with E-state index < -0.39 is 17.8 Å². The molecule has 1 saturated heterocycles. The molecule has 0 aromatic rings. The second-order valence-electron chi connectivity index (χ2n) is 12.1. The number of β-amino-alcohol motifs (C(OH)–C–C–N with tert-alkyl or cyclic N) is 1. The molecule has 1 heterocycles. The van der Waals surface area contributed by atoms with Crippen LogP contribution in [-0.2, 0) is 0 Å². The quantitative estimate of drug-likeness (QED) is 0.508.